The average molecular weight is 477 g/mol. The Morgan fingerprint density at radius 3 is 2.34 bits per heavy atom. The topological polar surface area (TPSA) is 82.6 Å². The molecule has 172 valence electrons. The summed E-state index contributed by atoms with van der Waals surface area (Å²) in [6, 6.07) is 11.4. The fourth-order valence-corrected chi connectivity index (χ4v) is 6.25. The molecule has 2 fully saturated rings. The lowest BCUT2D eigenvalue weighted by atomic mass is 9.97. The molecule has 0 atom stereocenters. The lowest BCUT2D eigenvalue weighted by molar-refractivity contribution is -0.126. The molecule has 2 saturated heterocycles. The molecule has 3 heterocycles. The summed E-state index contributed by atoms with van der Waals surface area (Å²) in [5, 5.41) is 2.98. The van der Waals surface area contributed by atoms with Crippen molar-refractivity contribution in [3.8, 4) is 0 Å². The van der Waals surface area contributed by atoms with E-state index in [-0.39, 0.29) is 35.0 Å². The minimum absolute atomic E-state index is 0.0118. The zero-order valence-corrected chi connectivity index (χ0v) is 19.6. The Kier molecular flexibility index (Phi) is 7.45. The van der Waals surface area contributed by atoms with Crippen LogP contribution in [0.25, 0.3) is 0 Å². The number of carbonyl (C=O) groups excluding carboxylic acids is 1. The van der Waals surface area contributed by atoms with Gasteiger partial charge in [0.1, 0.15) is 10.0 Å². The van der Waals surface area contributed by atoms with Crippen molar-refractivity contribution in [1.82, 2.24) is 19.5 Å². The molecule has 0 radical (unpaired) electrons. The van der Waals surface area contributed by atoms with Crippen molar-refractivity contribution >= 4 is 27.5 Å². The van der Waals surface area contributed by atoms with Gasteiger partial charge in [0.2, 0.25) is 15.9 Å². The monoisotopic (exact) mass is 476 g/mol. The third kappa shape index (κ3) is 5.49. The summed E-state index contributed by atoms with van der Waals surface area (Å²) in [7, 11) is -3.71. The number of carbonyl (C=O) groups is 1. The van der Waals surface area contributed by atoms with E-state index >= 15 is 0 Å². The van der Waals surface area contributed by atoms with Crippen LogP contribution in [0.1, 0.15) is 36.8 Å². The third-order valence-electron chi connectivity index (χ3n) is 6.26. The van der Waals surface area contributed by atoms with Crippen molar-refractivity contribution in [2.24, 2.45) is 5.92 Å². The Bertz CT molecular complexity index is 1030. The van der Waals surface area contributed by atoms with Gasteiger partial charge in [0.05, 0.1) is 0 Å². The second kappa shape index (κ2) is 10.3. The van der Waals surface area contributed by atoms with E-state index in [1.54, 1.807) is 6.07 Å². The van der Waals surface area contributed by atoms with Crippen molar-refractivity contribution in [2.45, 2.75) is 43.7 Å². The van der Waals surface area contributed by atoms with Crippen molar-refractivity contribution in [1.29, 1.82) is 0 Å². The van der Waals surface area contributed by atoms with Crippen LogP contribution in [0.15, 0.2) is 47.5 Å². The zero-order valence-electron chi connectivity index (χ0n) is 18.0. The average Bonchev–Trinajstić information content (AvgIpc) is 3.32. The highest BCUT2D eigenvalue weighted by molar-refractivity contribution is 7.89. The van der Waals surface area contributed by atoms with E-state index < -0.39 is 10.0 Å². The number of hydrogen-bond donors (Lipinski definition) is 1. The second-order valence-corrected chi connectivity index (χ2v) is 10.8. The summed E-state index contributed by atoms with van der Waals surface area (Å²) in [5.41, 5.74) is 2.36. The molecular formula is C23H29ClN4O3S. The molecule has 1 aromatic carbocycles. The molecule has 2 aromatic rings. The van der Waals surface area contributed by atoms with Gasteiger partial charge < -0.3 is 5.32 Å². The van der Waals surface area contributed by atoms with Crippen LogP contribution >= 0.6 is 11.6 Å². The number of nitrogens with zero attached hydrogens (tertiary/aromatic N) is 3. The van der Waals surface area contributed by atoms with E-state index in [0.29, 0.717) is 19.4 Å². The van der Waals surface area contributed by atoms with Gasteiger partial charge in [-0.25, -0.2) is 13.4 Å². The van der Waals surface area contributed by atoms with Crippen LogP contribution in [-0.4, -0.2) is 54.7 Å². The van der Waals surface area contributed by atoms with E-state index in [2.05, 4.69) is 39.5 Å². The smallest absolute Gasteiger partial charge is 0.246 e. The van der Waals surface area contributed by atoms with Crippen LogP contribution in [0.2, 0.25) is 5.15 Å². The molecule has 0 bridgehead atoms. The Morgan fingerprint density at radius 2 is 1.69 bits per heavy atom. The summed E-state index contributed by atoms with van der Waals surface area (Å²) < 4.78 is 27.0. The highest BCUT2D eigenvalue weighted by atomic mass is 35.5. The summed E-state index contributed by atoms with van der Waals surface area (Å²) >= 11 is 5.98. The number of aromatic nitrogens is 1. The van der Waals surface area contributed by atoms with E-state index in [0.717, 1.165) is 12.1 Å². The minimum Gasteiger partial charge on any atom is -0.352 e. The minimum atomic E-state index is -3.71. The Morgan fingerprint density at radius 1 is 1.03 bits per heavy atom. The van der Waals surface area contributed by atoms with E-state index in [4.69, 9.17) is 11.6 Å². The summed E-state index contributed by atoms with van der Waals surface area (Å²) in [6.45, 7) is 4.39. The molecule has 0 aliphatic carbocycles. The normalized spacial score (nSPS) is 18.7. The van der Waals surface area contributed by atoms with Crippen LogP contribution in [0.3, 0.4) is 0 Å². The van der Waals surface area contributed by atoms with Crippen LogP contribution in [0.4, 0.5) is 0 Å². The van der Waals surface area contributed by atoms with Gasteiger partial charge in [-0.05, 0) is 62.0 Å². The molecule has 4 rings (SSSR count). The van der Waals surface area contributed by atoms with Gasteiger partial charge in [-0.2, -0.15) is 4.31 Å². The molecule has 0 saturated carbocycles. The predicted molar refractivity (Wildman–Crippen MR) is 124 cm³/mol. The SMILES string of the molecule is O=C(NCc1ccc(CN2CCCC2)cc1)C1CCN(S(=O)(=O)c2cccnc2Cl)CC1. The number of nitrogens with one attached hydrogen (secondary N) is 1. The summed E-state index contributed by atoms with van der Waals surface area (Å²) in [5.74, 6) is -0.220. The Balaban J connectivity index is 1.25. The lowest BCUT2D eigenvalue weighted by Crippen LogP contribution is -2.42. The molecule has 1 amide bonds. The first kappa shape index (κ1) is 23.2. The fraction of sp³-hybridized carbons (Fsp3) is 0.478. The molecule has 2 aliphatic heterocycles. The molecule has 1 N–H and O–H groups in total. The van der Waals surface area contributed by atoms with Crippen LogP contribution < -0.4 is 5.32 Å². The van der Waals surface area contributed by atoms with Crippen molar-refractivity contribution in [3.05, 3.63) is 58.9 Å². The summed E-state index contributed by atoms with van der Waals surface area (Å²) in [6.07, 6.45) is 4.99. The highest BCUT2D eigenvalue weighted by Crippen LogP contribution is 2.27. The first-order chi connectivity index (χ1) is 15.4. The number of amides is 1. The van der Waals surface area contributed by atoms with Gasteiger partial charge in [-0.1, -0.05) is 35.9 Å². The van der Waals surface area contributed by atoms with Crippen molar-refractivity contribution < 1.29 is 13.2 Å². The Hall–Kier alpha value is -2.00. The van der Waals surface area contributed by atoms with Crippen LogP contribution in [0, 0.1) is 5.92 Å². The van der Waals surface area contributed by atoms with Crippen LogP contribution in [-0.2, 0) is 27.9 Å². The number of hydrogen-bond acceptors (Lipinski definition) is 5. The zero-order chi connectivity index (χ0) is 22.6. The number of halogens is 1. The number of likely N-dealkylation sites (tertiary alicyclic amines) is 1. The quantitative estimate of drug-likeness (QED) is 0.621. The molecule has 9 heteroatoms. The maximum Gasteiger partial charge on any atom is 0.246 e. The largest absolute Gasteiger partial charge is 0.352 e. The number of piperidine rings is 1. The molecule has 0 spiro atoms. The van der Waals surface area contributed by atoms with Crippen molar-refractivity contribution in [3.63, 3.8) is 0 Å². The first-order valence-corrected chi connectivity index (χ1v) is 12.9. The van der Waals surface area contributed by atoms with Gasteiger partial charge in [-0.3, -0.25) is 9.69 Å². The number of rotatable bonds is 7. The standard InChI is InChI=1S/C23H29ClN4O3S/c24-22-21(4-3-11-25-22)32(30,31)28-14-9-20(10-15-28)23(29)26-16-18-5-7-19(8-6-18)17-27-12-1-2-13-27/h3-8,11,20H,1-2,9-10,12-17H2,(H,26,29). The summed E-state index contributed by atoms with van der Waals surface area (Å²) in [4.78, 5) is 19.0. The van der Waals surface area contributed by atoms with Gasteiger partial charge in [0, 0.05) is 38.3 Å². The Labute approximate surface area is 194 Å². The molecular weight excluding hydrogens is 448 g/mol. The molecule has 2 aliphatic rings. The highest BCUT2D eigenvalue weighted by Gasteiger charge is 2.33. The molecule has 32 heavy (non-hydrogen) atoms. The predicted octanol–water partition coefficient (Wildman–Crippen LogP) is 3.05. The van der Waals surface area contributed by atoms with Gasteiger partial charge in [0.15, 0.2) is 0 Å². The molecule has 7 nitrogen and oxygen atoms in total. The fourth-order valence-electron chi connectivity index (χ4n) is 4.36. The van der Waals surface area contributed by atoms with E-state index in [1.807, 2.05) is 0 Å². The van der Waals surface area contributed by atoms with Gasteiger partial charge in [-0.15, -0.1) is 0 Å². The molecule has 0 unspecified atom stereocenters. The maximum absolute atomic E-state index is 12.8. The van der Waals surface area contributed by atoms with Crippen LogP contribution in [0.5, 0.6) is 0 Å². The molecule has 1 aromatic heterocycles. The van der Waals surface area contributed by atoms with Gasteiger partial charge >= 0.3 is 0 Å². The van der Waals surface area contributed by atoms with E-state index in [1.165, 1.54) is 48.1 Å². The van der Waals surface area contributed by atoms with Crippen molar-refractivity contribution in [2.75, 3.05) is 26.2 Å². The number of benzene rings is 1. The number of pyridine rings is 1. The lowest BCUT2D eigenvalue weighted by Gasteiger charge is -2.30. The second-order valence-electron chi connectivity index (χ2n) is 8.49. The number of sulfonamides is 1. The maximum atomic E-state index is 12.8. The third-order valence-corrected chi connectivity index (χ3v) is 8.61. The van der Waals surface area contributed by atoms with Gasteiger partial charge in [0.25, 0.3) is 0 Å². The van der Waals surface area contributed by atoms with E-state index in [9.17, 15) is 13.2 Å². The first-order valence-electron chi connectivity index (χ1n) is 11.1.